The molecular formula is C14H24N2O2. The van der Waals surface area contributed by atoms with Gasteiger partial charge in [0.25, 0.3) is 0 Å². The Morgan fingerprint density at radius 2 is 2.11 bits per heavy atom. The van der Waals surface area contributed by atoms with Crippen LogP contribution >= 0.6 is 0 Å². The fourth-order valence-corrected chi connectivity index (χ4v) is 1.91. The number of aryl methyl sites for hydroxylation is 2. The third-order valence-electron chi connectivity index (χ3n) is 2.92. The number of rotatable bonds is 5. The van der Waals surface area contributed by atoms with E-state index in [-0.39, 0.29) is 17.5 Å². The first-order chi connectivity index (χ1) is 8.19. The maximum Gasteiger partial charge on any atom is 0.220 e. The second kappa shape index (κ2) is 5.57. The molecule has 0 aliphatic heterocycles. The van der Waals surface area contributed by atoms with Crippen molar-refractivity contribution in [1.82, 2.24) is 5.32 Å². The van der Waals surface area contributed by atoms with E-state index in [4.69, 9.17) is 10.2 Å². The van der Waals surface area contributed by atoms with Gasteiger partial charge in [0.2, 0.25) is 5.91 Å². The summed E-state index contributed by atoms with van der Waals surface area (Å²) in [5.41, 5.74) is 6.59. The van der Waals surface area contributed by atoms with Crippen molar-refractivity contribution < 1.29 is 9.21 Å². The summed E-state index contributed by atoms with van der Waals surface area (Å²) in [6, 6.07) is 1.93. The standard InChI is InChI=1S/C14H24N2O2/c1-9-8-12(11(3)18-9)10(2)16-13(17)6-7-14(4,5)15/h8,10H,6-7,15H2,1-5H3,(H,16,17). The smallest absolute Gasteiger partial charge is 0.220 e. The molecule has 4 nitrogen and oxygen atoms in total. The van der Waals surface area contributed by atoms with Gasteiger partial charge in [0.15, 0.2) is 0 Å². The molecule has 102 valence electrons. The van der Waals surface area contributed by atoms with Crippen LogP contribution in [0.15, 0.2) is 10.5 Å². The summed E-state index contributed by atoms with van der Waals surface area (Å²) in [7, 11) is 0. The zero-order valence-electron chi connectivity index (χ0n) is 12.0. The quantitative estimate of drug-likeness (QED) is 0.846. The Bertz CT molecular complexity index is 416. The van der Waals surface area contributed by atoms with Crippen molar-refractivity contribution in [3.8, 4) is 0 Å². The van der Waals surface area contributed by atoms with E-state index in [1.165, 1.54) is 0 Å². The Kier molecular flexibility index (Phi) is 4.57. The predicted molar refractivity (Wildman–Crippen MR) is 72.2 cm³/mol. The van der Waals surface area contributed by atoms with E-state index in [1.807, 2.05) is 40.7 Å². The van der Waals surface area contributed by atoms with Gasteiger partial charge in [0.05, 0.1) is 6.04 Å². The van der Waals surface area contributed by atoms with Crippen molar-refractivity contribution in [1.29, 1.82) is 0 Å². The SMILES string of the molecule is Cc1cc(C(C)NC(=O)CCC(C)(C)N)c(C)o1. The first kappa shape index (κ1) is 14.8. The molecule has 0 aliphatic carbocycles. The van der Waals surface area contributed by atoms with Crippen LogP contribution in [0.5, 0.6) is 0 Å². The fourth-order valence-electron chi connectivity index (χ4n) is 1.91. The lowest BCUT2D eigenvalue weighted by molar-refractivity contribution is -0.122. The van der Waals surface area contributed by atoms with Gasteiger partial charge in [-0.15, -0.1) is 0 Å². The van der Waals surface area contributed by atoms with Crippen molar-refractivity contribution in [2.24, 2.45) is 5.73 Å². The average Bonchev–Trinajstić information content (AvgIpc) is 2.54. The molecule has 0 bridgehead atoms. The van der Waals surface area contributed by atoms with Crippen LogP contribution in [-0.4, -0.2) is 11.4 Å². The molecule has 18 heavy (non-hydrogen) atoms. The Morgan fingerprint density at radius 1 is 1.50 bits per heavy atom. The summed E-state index contributed by atoms with van der Waals surface area (Å²) in [5, 5.41) is 2.97. The number of nitrogens with two attached hydrogens (primary N) is 1. The Hall–Kier alpha value is -1.29. The van der Waals surface area contributed by atoms with Crippen LogP contribution in [0.2, 0.25) is 0 Å². The number of amides is 1. The molecule has 0 aliphatic rings. The first-order valence-electron chi connectivity index (χ1n) is 6.34. The van der Waals surface area contributed by atoms with Crippen LogP contribution in [0, 0.1) is 13.8 Å². The highest BCUT2D eigenvalue weighted by Crippen LogP contribution is 2.21. The van der Waals surface area contributed by atoms with Gasteiger partial charge in [0, 0.05) is 17.5 Å². The number of nitrogens with one attached hydrogen (secondary N) is 1. The highest BCUT2D eigenvalue weighted by atomic mass is 16.3. The molecule has 1 aromatic heterocycles. The van der Waals surface area contributed by atoms with Gasteiger partial charge < -0.3 is 15.5 Å². The summed E-state index contributed by atoms with van der Waals surface area (Å²) >= 11 is 0. The molecule has 0 fully saturated rings. The number of carbonyl (C=O) groups excluding carboxylic acids is 1. The van der Waals surface area contributed by atoms with Gasteiger partial charge in [0.1, 0.15) is 11.5 Å². The van der Waals surface area contributed by atoms with E-state index in [0.717, 1.165) is 17.1 Å². The van der Waals surface area contributed by atoms with Crippen LogP contribution < -0.4 is 11.1 Å². The maximum absolute atomic E-state index is 11.8. The van der Waals surface area contributed by atoms with E-state index in [0.29, 0.717) is 12.8 Å². The number of hydrogen-bond donors (Lipinski definition) is 2. The van der Waals surface area contributed by atoms with E-state index < -0.39 is 0 Å². The van der Waals surface area contributed by atoms with E-state index >= 15 is 0 Å². The summed E-state index contributed by atoms with van der Waals surface area (Å²) in [5.74, 6) is 1.76. The molecule has 1 unspecified atom stereocenters. The summed E-state index contributed by atoms with van der Waals surface area (Å²) in [6.07, 6.45) is 1.12. The Labute approximate surface area is 109 Å². The number of hydrogen-bond acceptors (Lipinski definition) is 3. The molecule has 0 saturated carbocycles. The molecule has 0 spiro atoms. The zero-order valence-corrected chi connectivity index (χ0v) is 12.0. The fraction of sp³-hybridized carbons (Fsp3) is 0.643. The maximum atomic E-state index is 11.8. The highest BCUT2D eigenvalue weighted by molar-refractivity contribution is 5.76. The minimum atomic E-state index is -0.303. The average molecular weight is 252 g/mol. The Balaban J connectivity index is 2.52. The highest BCUT2D eigenvalue weighted by Gasteiger charge is 2.17. The lowest BCUT2D eigenvalue weighted by Gasteiger charge is -2.19. The summed E-state index contributed by atoms with van der Waals surface area (Å²) in [4.78, 5) is 11.8. The van der Waals surface area contributed by atoms with E-state index in [9.17, 15) is 4.79 Å². The van der Waals surface area contributed by atoms with Crippen molar-refractivity contribution >= 4 is 5.91 Å². The van der Waals surface area contributed by atoms with Gasteiger partial charge in [-0.05, 0) is 47.1 Å². The third kappa shape index (κ3) is 4.53. The Morgan fingerprint density at radius 3 is 2.56 bits per heavy atom. The summed E-state index contributed by atoms with van der Waals surface area (Å²) in [6.45, 7) is 9.62. The summed E-state index contributed by atoms with van der Waals surface area (Å²) < 4.78 is 5.46. The third-order valence-corrected chi connectivity index (χ3v) is 2.92. The molecule has 1 amide bonds. The van der Waals surface area contributed by atoms with Crippen LogP contribution in [0.3, 0.4) is 0 Å². The van der Waals surface area contributed by atoms with Crippen LogP contribution in [-0.2, 0) is 4.79 Å². The molecule has 0 saturated heterocycles. The van der Waals surface area contributed by atoms with Crippen molar-refractivity contribution in [3.05, 3.63) is 23.2 Å². The second-order valence-corrected chi connectivity index (χ2v) is 5.65. The van der Waals surface area contributed by atoms with Crippen LogP contribution in [0.4, 0.5) is 0 Å². The van der Waals surface area contributed by atoms with Crippen LogP contribution in [0.25, 0.3) is 0 Å². The lowest BCUT2D eigenvalue weighted by Crippen LogP contribution is -2.35. The topological polar surface area (TPSA) is 68.3 Å². The molecule has 4 heteroatoms. The lowest BCUT2D eigenvalue weighted by atomic mass is 9.99. The molecule has 1 atom stereocenters. The minimum absolute atomic E-state index is 0.0271. The molecule has 1 rings (SSSR count). The minimum Gasteiger partial charge on any atom is -0.466 e. The predicted octanol–water partition coefficient (Wildman–Crippen LogP) is 2.59. The second-order valence-electron chi connectivity index (χ2n) is 5.65. The number of furan rings is 1. The van der Waals surface area contributed by atoms with Gasteiger partial charge in [-0.2, -0.15) is 0 Å². The normalized spacial score (nSPS) is 13.4. The number of carbonyl (C=O) groups is 1. The molecule has 0 aromatic carbocycles. The van der Waals surface area contributed by atoms with E-state index in [1.54, 1.807) is 0 Å². The molecule has 1 heterocycles. The van der Waals surface area contributed by atoms with Crippen LogP contribution in [0.1, 0.15) is 56.7 Å². The van der Waals surface area contributed by atoms with Crippen molar-refractivity contribution in [2.45, 2.75) is 59.0 Å². The van der Waals surface area contributed by atoms with Gasteiger partial charge in [-0.3, -0.25) is 4.79 Å². The van der Waals surface area contributed by atoms with Gasteiger partial charge in [-0.1, -0.05) is 0 Å². The largest absolute Gasteiger partial charge is 0.466 e. The monoisotopic (exact) mass is 252 g/mol. The zero-order chi connectivity index (χ0) is 13.9. The van der Waals surface area contributed by atoms with Crippen molar-refractivity contribution in [2.75, 3.05) is 0 Å². The van der Waals surface area contributed by atoms with E-state index in [2.05, 4.69) is 5.32 Å². The molecule has 0 radical (unpaired) electrons. The van der Waals surface area contributed by atoms with Gasteiger partial charge in [-0.25, -0.2) is 0 Å². The molecule has 3 N–H and O–H groups in total. The first-order valence-corrected chi connectivity index (χ1v) is 6.34. The molecular weight excluding hydrogens is 228 g/mol. The van der Waals surface area contributed by atoms with Crippen molar-refractivity contribution in [3.63, 3.8) is 0 Å². The molecule has 1 aromatic rings. The van der Waals surface area contributed by atoms with Gasteiger partial charge >= 0.3 is 0 Å².